The second-order valence-corrected chi connectivity index (χ2v) is 10.1. The summed E-state index contributed by atoms with van der Waals surface area (Å²) in [5.41, 5.74) is 1.92. The van der Waals surface area contributed by atoms with E-state index in [0.717, 1.165) is 12.3 Å². The number of fused-ring (bicyclic) bond motifs is 1. The molecule has 0 spiro atoms. The van der Waals surface area contributed by atoms with Crippen molar-refractivity contribution >= 4 is 0 Å². The van der Waals surface area contributed by atoms with E-state index >= 15 is 0 Å². The summed E-state index contributed by atoms with van der Waals surface area (Å²) >= 11 is 0. The molecule has 25 heavy (non-hydrogen) atoms. The second kappa shape index (κ2) is 6.65. The minimum Gasteiger partial charge on any atom is -0.474 e. The highest BCUT2D eigenvalue weighted by Crippen LogP contribution is 2.53. The van der Waals surface area contributed by atoms with E-state index in [9.17, 15) is 0 Å². The first-order valence-electron chi connectivity index (χ1n) is 10.3. The largest absolute Gasteiger partial charge is 0.474 e. The van der Waals surface area contributed by atoms with E-state index in [1.807, 2.05) is 0 Å². The highest BCUT2D eigenvalue weighted by Gasteiger charge is 2.56. The maximum atomic E-state index is 6.80. The summed E-state index contributed by atoms with van der Waals surface area (Å²) in [4.78, 5) is 0. The lowest BCUT2D eigenvalue weighted by molar-refractivity contribution is -0.687. The standard InChI is InChI=1S/C22H40N2O/c1-15-8-9-17-16(14-15)18(10-12-21(17,4)24-7)22(5)13-11-19(25-22)20(2,3)23-6/h14,16-19H,6-13,23-24H2,1-5H3/t16-,17+,18-,19-,21-,22+/m1/s1. The molecule has 0 aromatic heterocycles. The summed E-state index contributed by atoms with van der Waals surface area (Å²) in [6.07, 6.45) is 10.3. The van der Waals surface area contributed by atoms with Gasteiger partial charge in [0, 0.05) is 12.3 Å². The Balaban J connectivity index is 1.86. The van der Waals surface area contributed by atoms with Gasteiger partial charge in [-0.15, -0.1) is 0 Å². The van der Waals surface area contributed by atoms with Gasteiger partial charge in [-0.2, -0.15) is 14.1 Å². The Morgan fingerprint density at radius 2 is 1.84 bits per heavy atom. The van der Waals surface area contributed by atoms with Gasteiger partial charge in [0.1, 0.15) is 6.10 Å². The lowest BCUT2D eigenvalue weighted by Gasteiger charge is -2.53. The second-order valence-electron chi connectivity index (χ2n) is 10.1. The molecule has 6 atom stereocenters. The normalized spacial score (nSPS) is 45.2. The summed E-state index contributed by atoms with van der Waals surface area (Å²) in [6.45, 7) is 11.7. The Bertz CT molecular complexity index is 528. The van der Waals surface area contributed by atoms with Gasteiger partial charge >= 0.3 is 0 Å². The summed E-state index contributed by atoms with van der Waals surface area (Å²) in [6, 6.07) is 0. The minimum atomic E-state index is 0.00445. The van der Waals surface area contributed by atoms with Crippen molar-refractivity contribution in [3.63, 3.8) is 0 Å². The number of quaternary nitrogens is 2. The van der Waals surface area contributed by atoms with Crippen molar-refractivity contribution in [1.82, 2.24) is 0 Å². The fourth-order valence-electron chi connectivity index (χ4n) is 5.87. The van der Waals surface area contributed by atoms with Crippen LogP contribution in [0.2, 0.25) is 0 Å². The van der Waals surface area contributed by atoms with Gasteiger partial charge in [-0.1, -0.05) is 11.6 Å². The first-order chi connectivity index (χ1) is 11.6. The molecule has 3 heteroatoms. The minimum absolute atomic E-state index is 0.00445. The lowest BCUT2D eigenvalue weighted by Crippen LogP contribution is -2.94. The zero-order valence-electron chi connectivity index (χ0n) is 17.1. The molecule has 1 saturated heterocycles. The number of rotatable bonds is 4. The van der Waals surface area contributed by atoms with Crippen molar-refractivity contribution in [2.45, 2.75) is 95.9 Å². The van der Waals surface area contributed by atoms with Gasteiger partial charge in [0.05, 0.1) is 16.7 Å². The van der Waals surface area contributed by atoms with Crippen LogP contribution in [0.15, 0.2) is 11.6 Å². The fourth-order valence-corrected chi connectivity index (χ4v) is 5.87. The first-order valence-corrected chi connectivity index (χ1v) is 10.3. The molecular formula is C22H40N2O. The lowest BCUT2D eigenvalue weighted by atomic mass is 9.56. The van der Waals surface area contributed by atoms with Crippen molar-refractivity contribution in [2.75, 3.05) is 0 Å². The van der Waals surface area contributed by atoms with Crippen molar-refractivity contribution in [2.24, 2.45) is 17.8 Å². The predicted octanol–water partition coefficient (Wildman–Crippen LogP) is 2.55. The Morgan fingerprint density at radius 3 is 2.48 bits per heavy atom. The van der Waals surface area contributed by atoms with Gasteiger partial charge in [-0.25, -0.2) is 0 Å². The molecule has 0 aromatic carbocycles. The molecule has 0 bridgehead atoms. The van der Waals surface area contributed by atoms with Gasteiger partial charge < -0.3 is 15.4 Å². The van der Waals surface area contributed by atoms with Crippen LogP contribution >= 0.6 is 0 Å². The Morgan fingerprint density at radius 1 is 1.12 bits per heavy atom. The van der Waals surface area contributed by atoms with E-state index < -0.39 is 0 Å². The molecule has 3 nitrogen and oxygen atoms in total. The molecule has 1 saturated carbocycles. The summed E-state index contributed by atoms with van der Waals surface area (Å²) in [7, 11) is 8.24. The summed E-state index contributed by atoms with van der Waals surface area (Å²) in [5.74, 6) is 1.99. The van der Waals surface area contributed by atoms with E-state index in [1.165, 1.54) is 32.1 Å². The van der Waals surface area contributed by atoms with E-state index in [0.29, 0.717) is 17.9 Å². The van der Waals surface area contributed by atoms with Crippen molar-refractivity contribution in [3.05, 3.63) is 25.7 Å². The van der Waals surface area contributed by atoms with Gasteiger partial charge in [0.15, 0.2) is 0 Å². The maximum absolute atomic E-state index is 6.80. The van der Waals surface area contributed by atoms with Crippen LogP contribution in [-0.4, -0.2) is 22.8 Å². The molecule has 1 aliphatic heterocycles. The molecule has 3 aliphatic rings. The number of ether oxygens (including phenoxy) is 1. The van der Waals surface area contributed by atoms with Crippen LogP contribution in [0.5, 0.6) is 0 Å². The average Bonchev–Trinajstić information content (AvgIpc) is 2.99. The van der Waals surface area contributed by atoms with Crippen LogP contribution in [0, 0.1) is 31.8 Å². The van der Waals surface area contributed by atoms with E-state index in [2.05, 4.69) is 65.4 Å². The predicted molar refractivity (Wildman–Crippen MR) is 102 cm³/mol. The Labute approximate surface area is 155 Å². The summed E-state index contributed by atoms with van der Waals surface area (Å²) < 4.78 is 6.80. The highest BCUT2D eigenvalue weighted by atomic mass is 16.5. The quantitative estimate of drug-likeness (QED) is 0.595. The van der Waals surface area contributed by atoms with Crippen LogP contribution in [0.1, 0.15) is 73.1 Å². The van der Waals surface area contributed by atoms with E-state index in [4.69, 9.17) is 4.74 Å². The fraction of sp³-hybridized carbons (Fsp3) is 0.818. The molecule has 0 radical (unpaired) electrons. The van der Waals surface area contributed by atoms with Crippen LogP contribution < -0.4 is 10.6 Å². The maximum Gasteiger partial charge on any atom is 0.110 e. The molecular weight excluding hydrogens is 308 g/mol. The van der Waals surface area contributed by atoms with Crippen LogP contribution in [0.25, 0.3) is 0 Å². The third-order valence-electron chi connectivity index (χ3n) is 8.02. The van der Waals surface area contributed by atoms with E-state index in [-0.39, 0.29) is 16.7 Å². The van der Waals surface area contributed by atoms with E-state index in [1.54, 1.807) is 5.57 Å². The highest BCUT2D eigenvalue weighted by molar-refractivity contribution is 5.16. The molecule has 4 N–H and O–H groups in total. The number of nitrogens with two attached hydrogens (primary N) is 2. The first kappa shape index (κ1) is 19.4. The topological polar surface area (TPSA) is 42.5 Å². The van der Waals surface area contributed by atoms with Crippen molar-refractivity contribution in [3.8, 4) is 0 Å². The molecule has 0 amide bonds. The number of hydrogen-bond donors (Lipinski definition) is 2. The van der Waals surface area contributed by atoms with Crippen LogP contribution in [0.4, 0.5) is 0 Å². The smallest absolute Gasteiger partial charge is 0.110 e. The third-order valence-corrected chi connectivity index (χ3v) is 8.02. The Kier molecular flexibility index (Phi) is 5.16. The van der Waals surface area contributed by atoms with Crippen molar-refractivity contribution < 1.29 is 15.4 Å². The zero-order valence-corrected chi connectivity index (χ0v) is 17.1. The molecule has 2 aliphatic carbocycles. The molecule has 2 fully saturated rings. The van der Waals surface area contributed by atoms with Crippen molar-refractivity contribution in [1.29, 1.82) is 0 Å². The molecule has 3 rings (SSSR count). The van der Waals surface area contributed by atoms with Crippen LogP contribution in [0.3, 0.4) is 0 Å². The molecule has 0 unspecified atom stereocenters. The van der Waals surface area contributed by atoms with Crippen LogP contribution in [-0.2, 0) is 4.74 Å². The number of allylic oxidation sites excluding steroid dienone is 2. The van der Waals surface area contributed by atoms with Gasteiger partial charge in [0.25, 0.3) is 0 Å². The Hall–Kier alpha value is -0.380. The third kappa shape index (κ3) is 3.33. The number of hydrogen-bond acceptors (Lipinski definition) is 1. The SMILES string of the molecule is [CH2-][NH2+]C(C)(C)[C@H]1CC[C@@](C)([C@@H]2CC[C@@](C)([NH2+][CH2-])[C@H]3CCC(C)=C[C@@H]23)O1. The monoisotopic (exact) mass is 348 g/mol. The molecule has 1 heterocycles. The molecule has 144 valence electrons. The summed E-state index contributed by atoms with van der Waals surface area (Å²) in [5, 5.41) is 4.32. The van der Waals surface area contributed by atoms with Gasteiger partial charge in [-0.05, 0) is 78.6 Å². The zero-order chi connectivity index (χ0) is 18.5. The van der Waals surface area contributed by atoms with Gasteiger partial charge in [-0.3, -0.25) is 0 Å². The molecule has 0 aromatic rings. The van der Waals surface area contributed by atoms with Gasteiger partial charge in [0.2, 0.25) is 0 Å². The average molecular weight is 349 g/mol.